The van der Waals surface area contributed by atoms with Crippen LogP contribution in [0.2, 0.25) is 0 Å². The number of carbonyl (C=O) groups excluding carboxylic acids is 1. The molecule has 0 aromatic rings. The standard InChI is InChI=1S/C15H31NO6S/c1-14(2)22-12-15(17)16-4-5-18-6-7-19-8-9-20-10-11-21-13-23-3/h14H,4-13H2,1-3H3,(H,16,17). The Morgan fingerprint density at radius 2 is 1.43 bits per heavy atom. The normalized spacial score (nSPS) is 11.1. The highest BCUT2D eigenvalue weighted by Gasteiger charge is 2.02. The zero-order chi connectivity index (χ0) is 17.2. The van der Waals surface area contributed by atoms with Crippen molar-refractivity contribution in [3.63, 3.8) is 0 Å². The predicted octanol–water partition coefficient (Wildman–Crippen LogP) is 0.915. The number of carbonyl (C=O) groups is 1. The zero-order valence-corrected chi connectivity index (χ0v) is 15.3. The van der Waals surface area contributed by atoms with Crippen LogP contribution in [0.25, 0.3) is 0 Å². The molecular weight excluding hydrogens is 322 g/mol. The van der Waals surface area contributed by atoms with Gasteiger partial charge in [0.2, 0.25) is 5.91 Å². The number of hydrogen-bond acceptors (Lipinski definition) is 7. The van der Waals surface area contributed by atoms with E-state index in [4.69, 9.17) is 23.7 Å². The molecule has 1 amide bonds. The molecule has 0 aromatic heterocycles. The van der Waals surface area contributed by atoms with Gasteiger partial charge in [0.15, 0.2) is 0 Å². The van der Waals surface area contributed by atoms with Crippen LogP contribution < -0.4 is 5.32 Å². The van der Waals surface area contributed by atoms with Gasteiger partial charge >= 0.3 is 0 Å². The molecule has 8 heteroatoms. The summed E-state index contributed by atoms with van der Waals surface area (Å²) < 4.78 is 26.4. The van der Waals surface area contributed by atoms with Crippen LogP contribution in [-0.2, 0) is 28.5 Å². The lowest BCUT2D eigenvalue weighted by Gasteiger charge is -2.09. The van der Waals surface area contributed by atoms with Gasteiger partial charge in [-0.2, -0.15) is 0 Å². The summed E-state index contributed by atoms with van der Waals surface area (Å²) in [6.45, 7) is 8.08. The molecule has 0 atom stereocenters. The summed E-state index contributed by atoms with van der Waals surface area (Å²) in [4.78, 5) is 11.3. The van der Waals surface area contributed by atoms with Crippen LogP contribution in [0.15, 0.2) is 0 Å². The minimum absolute atomic E-state index is 0.0565. The van der Waals surface area contributed by atoms with Crippen LogP contribution in [0, 0.1) is 0 Å². The van der Waals surface area contributed by atoms with Gasteiger partial charge in [0.05, 0.1) is 58.3 Å². The van der Waals surface area contributed by atoms with Crippen molar-refractivity contribution in [3.05, 3.63) is 0 Å². The van der Waals surface area contributed by atoms with Crippen molar-refractivity contribution in [2.24, 2.45) is 0 Å². The molecular formula is C15H31NO6S. The van der Waals surface area contributed by atoms with Gasteiger partial charge in [-0.05, 0) is 20.1 Å². The summed E-state index contributed by atoms with van der Waals surface area (Å²) in [7, 11) is 0. The van der Waals surface area contributed by atoms with Gasteiger partial charge in [-0.3, -0.25) is 4.79 Å². The smallest absolute Gasteiger partial charge is 0.246 e. The van der Waals surface area contributed by atoms with Gasteiger partial charge < -0.3 is 29.0 Å². The molecule has 0 fully saturated rings. The summed E-state index contributed by atoms with van der Waals surface area (Å²) in [5.41, 5.74) is 0. The fourth-order valence-corrected chi connectivity index (χ4v) is 1.64. The highest BCUT2D eigenvalue weighted by molar-refractivity contribution is 7.98. The second-order valence-electron chi connectivity index (χ2n) is 4.86. The van der Waals surface area contributed by atoms with Gasteiger partial charge in [-0.15, -0.1) is 11.8 Å². The summed E-state index contributed by atoms with van der Waals surface area (Å²) in [5.74, 6) is 0.569. The molecule has 0 saturated carbocycles. The Morgan fingerprint density at radius 1 is 0.913 bits per heavy atom. The number of ether oxygens (including phenoxy) is 5. The zero-order valence-electron chi connectivity index (χ0n) is 14.5. The Morgan fingerprint density at radius 3 is 1.96 bits per heavy atom. The van der Waals surface area contributed by atoms with Crippen LogP contribution in [0.5, 0.6) is 0 Å². The maximum atomic E-state index is 11.3. The third-order valence-electron chi connectivity index (χ3n) is 2.43. The van der Waals surface area contributed by atoms with E-state index in [1.807, 2.05) is 20.1 Å². The number of rotatable bonds is 17. The van der Waals surface area contributed by atoms with Crippen LogP contribution in [0.4, 0.5) is 0 Å². The molecule has 0 spiro atoms. The molecule has 0 heterocycles. The first-order chi connectivity index (χ1) is 11.2. The van der Waals surface area contributed by atoms with Crippen molar-refractivity contribution in [1.29, 1.82) is 0 Å². The largest absolute Gasteiger partial charge is 0.377 e. The SMILES string of the molecule is CSCOCCOCCOCCOCCNC(=O)COC(C)C. The molecule has 0 aromatic carbocycles. The topological polar surface area (TPSA) is 75.3 Å². The number of thioether (sulfide) groups is 1. The predicted molar refractivity (Wildman–Crippen MR) is 90.9 cm³/mol. The van der Waals surface area contributed by atoms with Crippen LogP contribution >= 0.6 is 11.8 Å². The molecule has 0 unspecified atom stereocenters. The Hall–Kier alpha value is -0.380. The van der Waals surface area contributed by atoms with E-state index in [-0.39, 0.29) is 18.6 Å². The van der Waals surface area contributed by atoms with Crippen molar-refractivity contribution in [1.82, 2.24) is 5.32 Å². The Bertz CT molecular complexity index is 268. The van der Waals surface area contributed by atoms with E-state index < -0.39 is 0 Å². The Kier molecular flexibility index (Phi) is 17.7. The summed E-state index contributed by atoms with van der Waals surface area (Å²) in [6, 6.07) is 0. The van der Waals surface area contributed by atoms with Crippen molar-refractivity contribution in [3.8, 4) is 0 Å². The minimum atomic E-state index is -0.128. The molecule has 0 aliphatic heterocycles. The lowest BCUT2D eigenvalue weighted by atomic mass is 10.5. The molecule has 7 nitrogen and oxygen atoms in total. The van der Waals surface area contributed by atoms with E-state index in [2.05, 4.69) is 5.32 Å². The van der Waals surface area contributed by atoms with E-state index in [0.29, 0.717) is 58.7 Å². The highest BCUT2D eigenvalue weighted by Crippen LogP contribution is 1.91. The first kappa shape index (κ1) is 22.6. The molecule has 0 rings (SSSR count). The lowest BCUT2D eigenvalue weighted by Crippen LogP contribution is -2.31. The van der Waals surface area contributed by atoms with E-state index in [0.717, 1.165) is 0 Å². The first-order valence-electron chi connectivity index (χ1n) is 7.85. The molecule has 0 radical (unpaired) electrons. The molecule has 138 valence electrons. The van der Waals surface area contributed by atoms with Gasteiger partial charge in [-0.25, -0.2) is 0 Å². The average Bonchev–Trinajstić information content (AvgIpc) is 2.53. The van der Waals surface area contributed by atoms with Crippen molar-refractivity contribution >= 4 is 17.7 Å². The second-order valence-corrected chi connectivity index (χ2v) is 5.67. The van der Waals surface area contributed by atoms with Gasteiger partial charge in [-0.1, -0.05) is 0 Å². The third-order valence-corrected chi connectivity index (χ3v) is 2.84. The molecule has 0 aliphatic carbocycles. The van der Waals surface area contributed by atoms with E-state index in [9.17, 15) is 4.79 Å². The third kappa shape index (κ3) is 19.6. The number of hydrogen-bond donors (Lipinski definition) is 1. The van der Waals surface area contributed by atoms with Gasteiger partial charge in [0.25, 0.3) is 0 Å². The summed E-state index contributed by atoms with van der Waals surface area (Å²) >= 11 is 1.64. The molecule has 1 N–H and O–H groups in total. The van der Waals surface area contributed by atoms with Crippen molar-refractivity contribution < 1.29 is 28.5 Å². The van der Waals surface area contributed by atoms with Crippen molar-refractivity contribution in [2.45, 2.75) is 20.0 Å². The second kappa shape index (κ2) is 18.0. The van der Waals surface area contributed by atoms with Crippen LogP contribution in [-0.4, -0.2) is 83.6 Å². The minimum Gasteiger partial charge on any atom is -0.377 e. The average molecular weight is 353 g/mol. The molecule has 0 saturated heterocycles. The summed E-state index contributed by atoms with van der Waals surface area (Å²) in [6.07, 6.45) is 2.05. The van der Waals surface area contributed by atoms with Crippen molar-refractivity contribution in [2.75, 3.05) is 71.6 Å². The monoisotopic (exact) mass is 353 g/mol. The Balaban J connectivity index is 3.09. The molecule has 0 aliphatic rings. The maximum Gasteiger partial charge on any atom is 0.246 e. The molecule has 23 heavy (non-hydrogen) atoms. The van der Waals surface area contributed by atoms with E-state index in [1.54, 1.807) is 11.8 Å². The first-order valence-corrected chi connectivity index (χ1v) is 9.24. The fraction of sp³-hybridized carbons (Fsp3) is 0.933. The fourth-order valence-electron chi connectivity index (χ4n) is 1.36. The lowest BCUT2D eigenvalue weighted by molar-refractivity contribution is -0.127. The van der Waals surface area contributed by atoms with E-state index >= 15 is 0 Å². The van der Waals surface area contributed by atoms with Gasteiger partial charge in [0.1, 0.15) is 6.61 Å². The highest BCUT2D eigenvalue weighted by atomic mass is 32.2. The Labute approximate surface area is 143 Å². The van der Waals surface area contributed by atoms with E-state index in [1.165, 1.54) is 0 Å². The van der Waals surface area contributed by atoms with Crippen LogP contribution in [0.3, 0.4) is 0 Å². The maximum absolute atomic E-state index is 11.3. The quantitative estimate of drug-likeness (QED) is 0.308. The van der Waals surface area contributed by atoms with Crippen LogP contribution in [0.1, 0.15) is 13.8 Å². The molecule has 0 bridgehead atoms. The van der Waals surface area contributed by atoms with Gasteiger partial charge in [0, 0.05) is 6.54 Å². The summed E-state index contributed by atoms with van der Waals surface area (Å²) in [5, 5.41) is 2.71. The number of amides is 1. The number of nitrogens with one attached hydrogen (secondary N) is 1.